The third-order valence-corrected chi connectivity index (χ3v) is 1.05. The maximum absolute atomic E-state index is 10.4. The molecule has 1 aliphatic heterocycles. The van der Waals surface area contributed by atoms with E-state index in [-0.39, 0.29) is 6.73 Å². The first-order valence-corrected chi connectivity index (χ1v) is 2.57. The van der Waals surface area contributed by atoms with E-state index in [1.165, 1.54) is 4.90 Å². The van der Waals surface area contributed by atoms with E-state index in [9.17, 15) is 4.79 Å². The molecule has 50 valence electrons. The lowest BCUT2D eigenvalue weighted by Gasteiger charge is -2.05. The van der Waals surface area contributed by atoms with Gasteiger partial charge in [-0.25, -0.2) is 4.79 Å². The minimum absolute atomic E-state index is 0.251. The number of allylic oxidation sites excluding steroid dienone is 1. The van der Waals surface area contributed by atoms with Gasteiger partial charge < -0.3 is 10.5 Å². The highest BCUT2D eigenvalue weighted by molar-refractivity contribution is 5.73. The molecule has 0 aliphatic carbocycles. The normalized spacial score (nSPS) is 17.0. The van der Waals surface area contributed by atoms with Crippen molar-refractivity contribution in [1.82, 2.24) is 4.90 Å². The average Bonchev–Trinajstić information content (AvgIpc) is 2.14. The third-order valence-electron chi connectivity index (χ3n) is 1.05. The standard InChI is InChI=1S/C5H8N2O2/c1-4-2-7(3-9-4)5(6)8/h2H,3H2,1H3,(H2,6,8). The van der Waals surface area contributed by atoms with Crippen LogP contribution in [0.15, 0.2) is 12.0 Å². The van der Waals surface area contributed by atoms with Crippen molar-refractivity contribution < 1.29 is 9.53 Å². The molecule has 0 aromatic heterocycles. The number of rotatable bonds is 0. The van der Waals surface area contributed by atoms with Crippen LogP contribution in [0.25, 0.3) is 0 Å². The fraction of sp³-hybridized carbons (Fsp3) is 0.400. The fourth-order valence-electron chi connectivity index (χ4n) is 0.593. The van der Waals surface area contributed by atoms with Gasteiger partial charge in [0, 0.05) is 6.20 Å². The molecular weight excluding hydrogens is 120 g/mol. The van der Waals surface area contributed by atoms with Crippen molar-refractivity contribution in [3.63, 3.8) is 0 Å². The highest BCUT2D eigenvalue weighted by Crippen LogP contribution is 2.07. The Kier molecular flexibility index (Phi) is 1.30. The second kappa shape index (κ2) is 1.97. The Balaban J connectivity index is 2.57. The number of carbonyl (C=O) groups excluding carboxylic acids is 1. The summed E-state index contributed by atoms with van der Waals surface area (Å²) in [4.78, 5) is 11.7. The molecule has 2 N–H and O–H groups in total. The van der Waals surface area contributed by atoms with Crippen molar-refractivity contribution >= 4 is 6.03 Å². The fourth-order valence-corrected chi connectivity index (χ4v) is 0.593. The van der Waals surface area contributed by atoms with Crippen LogP contribution in [0, 0.1) is 0 Å². The van der Waals surface area contributed by atoms with Crippen molar-refractivity contribution in [3.05, 3.63) is 12.0 Å². The van der Waals surface area contributed by atoms with E-state index >= 15 is 0 Å². The molecule has 0 saturated carbocycles. The van der Waals surface area contributed by atoms with E-state index in [0.717, 1.165) is 0 Å². The van der Waals surface area contributed by atoms with Gasteiger partial charge in [0.2, 0.25) is 0 Å². The van der Waals surface area contributed by atoms with Crippen LogP contribution in [0.5, 0.6) is 0 Å². The summed E-state index contributed by atoms with van der Waals surface area (Å²) >= 11 is 0. The van der Waals surface area contributed by atoms with Crippen LogP contribution in [0.3, 0.4) is 0 Å². The Morgan fingerprint density at radius 3 is 2.89 bits per heavy atom. The second-order valence-corrected chi connectivity index (χ2v) is 1.82. The Bertz CT molecular complexity index is 164. The first kappa shape index (κ1) is 5.94. The quantitative estimate of drug-likeness (QED) is 0.507. The summed E-state index contributed by atoms with van der Waals surface area (Å²) in [5, 5.41) is 0. The monoisotopic (exact) mass is 128 g/mol. The Morgan fingerprint density at radius 2 is 2.67 bits per heavy atom. The maximum Gasteiger partial charge on any atom is 0.321 e. The first-order valence-electron chi connectivity index (χ1n) is 2.57. The van der Waals surface area contributed by atoms with Gasteiger partial charge in [-0.1, -0.05) is 0 Å². The number of nitrogens with two attached hydrogens (primary N) is 1. The van der Waals surface area contributed by atoms with E-state index in [4.69, 9.17) is 10.5 Å². The molecule has 0 spiro atoms. The summed E-state index contributed by atoms with van der Waals surface area (Å²) in [6.45, 7) is 2.02. The molecule has 4 nitrogen and oxygen atoms in total. The Hall–Kier alpha value is -1.19. The van der Waals surface area contributed by atoms with E-state index in [0.29, 0.717) is 5.76 Å². The average molecular weight is 128 g/mol. The van der Waals surface area contributed by atoms with Crippen molar-refractivity contribution in [2.24, 2.45) is 5.73 Å². The first-order chi connectivity index (χ1) is 4.20. The van der Waals surface area contributed by atoms with Crippen molar-refractivity contribution in [1.29, 1.82) is 0 Å². The van der Waals surface area contributed by atoms with E-state index in [1.54, 1.807) is 13.1 Å². The lowest BCUT2D eigenvalue weighted by Crippen LogP contribution is -2.29. The molecule has 2 amide bonds. The second-order valence-electron chi connectivity index (χ2n) is 1.82. The third kappa shape index (κ3) is 1.13. The summed E-state index contributed by atoms with van der Waals surface area (Å²) in [6, 6.07) is -0.480. The van der Waals surface area contributed by atoms with Crippen LogP contribution in [0.1, 0.15) is 6.92 Å². The Morgan fingerprint density at radius 1 is 2.00 bits per heavy atom. The van der Waals surface area contributed by atoms with Crippen LogP contribution >= 0.6 is 0 Å². The number of amides is 2. The van der Waals surface area contributed by atoms with E-state index in [1.807, 2.05) is 0 Å². The van der Waals surface area contributed by atoms with Crippen LogP contribution in [-0.4, -0.2) is 17.7 Å². The minimum atomic E-state index is -0.480. The lowest BCUT2D eigenvalue weighted by molar-refractivity contribution is 0.159. The predicted molar refractivity (Wildman–Crippen MR) is 31.1 cm³/mol. The summed E-state index contributed by atoms with van der Waals surface area (Å²) in [5.74, 6) is 0.716. The molecule has 0 saturated heterocycles. The van der Waals surface area contributed by atoms with Gasteiger partial charge in [0.15, 0.2) is 6.73 Å². The van der Waals surface area contributed by atoms with E-state index in [2.05, 4.69) is 0 Å². The molecule has 9 heavy (non-hydrogen) atoms. The van der Waals surface area contributed by atoms with Gasteiger partial charge in [-0.15, -0.1) is 0 Å². The minimum Gasteiger partial charge on any atom is -0.476 e. The largest absolute Gasteiger partial charge is 0.476 e. The van der Waals surface area contributed by atoms with Crippen molar-refractivity contribution in [2.75, 3.05) is 6.73 Å². The summed E-state index contributed by atoms with van der Waals surface area (Å²) in [7, 11) is 0. The van der Waals surface area contributed by atoms with Crippen LogP contribution in [0.2, 0.25) is 0 Å². The molecule has 0 aromatic rings. The van der Waals surface area contributed by atoms with Gasteiger partial charge in [-0.2, -0.15) is 0 Å². The van der Waals surface area contributed by atoms with Gasteiger partial charge in [0.05, 0.1) is 0 Å². The molecule has 1 aliphatic rings. The number of primary amides is 1. The topological polar surface area (TPSA) is 55.6 Å². The van der Waals surface area contributed by atoms with Crippen molar-refractivity contribution in [3.8, 4) is 0 Å². The number of hydrogen-bond donors (Lipinski definition) is 1. The zero-order valence-electron chi connectivity index (χ0n) is 5.13. The number of ether oxygens (including phenoxy) is 1. The molecular formula is C5H8N2O2. The van der Waals surface area contributed by atoms with Crippen molar-refractivity contribution in [2.45, 2.75) is 6.92 Å². The summed E-state index contributed by atoms with van der Waals surface area (Å²) < 4.78 is 4.91. The van der Waals surface area contributed by atoms with Gasteiger partial charge in [-0.3, -0.25) is 4.90 Å². The number of urea groups is 1. The summed E-state index contributed by atoms with van der Waals surface area (Å²) in [6.07, 6.45) is 1.57. The maximum atomic E-state index is 10.4. The molecule has 0 fully saturated rings. The van der Waals surface area contributed by atoms with Crippen LogP contribution in [-0.2, 0) is 4.74 Å². The highest BCUT2D eigenvalue weighted by atomic mass is 16.5. The summed E-state index contributed by atoms with van der Waals surface area (Å²) in [5.41, 5.74) is 4.92. The number of nitrogens with zero attached hydrogens (tertiary/aromatic N) is 1. The molecule has 0 radical (unpaired) electrons. The van der Waals surface area contributed by atoms with Gasteiger partial charge in [-0.05, 0) is 6.92 Å². The Labute approximate surface area is 52.9 Å². The molecule has 0 unspecified atom stereocenters. The zero-order valence-corrected chi connectivity index (χ0v) is 5.13. The molecule has 0 atom stereocenters. The van der Waals surface area contributed by atoms with E-state index < -0.39 is 6.03 Å². The lowest BCUT2D eigenvalue weighted by atomic mass is 10.6. The SMILES string of the molecule is CC1=CN(C(N)=O)CO1. The smallest absolute Gasteiger partial charge is 0.321 e. The molecule has 0 bridgehead atoms. The number of carbonyl (C=O) groups is 1. The molecule has 4 heteroatoms. The predicted octanol–water partition coefficient (Wildman–Crippen LogP) is 0.216. The zero-order chi connectivity index (χ0) is 6.85. The highest BCUT2D eigenvalue weighted by Gasteiger charge is 2.13. The van der Waals surface area contributed by atoms with Gasteiger partial charge in [0.25, 0.3) is 0 Å². The molecule has 0 aromatic carbocycles. The number of hydrogen-bond acceptors (Lipinski definition) is 2. The van der Waals surface area contributed by atoms with Gasteiger partial charge >= 0.3 is 6.03 Å². The molecule has 1 heterocycles. The van der Waals surface area contributed by atoms with Crippen LogP contribution in [0.4, 0.5) is 4.79 Å². The molecule has 1 rings (SSSR count). The van der Waals surface area contributed by atoms with Crippen LogP contribution < -0.4 is 5.73 Å². The van der Waals surface area contributed by atoms with Gasteiger partial charge in [0.1, 0.15) is 5.76 Å².